The molecular weight excluding hydrogens is 249 g/mol. The Labute approximate surface area is 109 Å². The van der Waals surface area contributed by atoms with Gasteiger partial charge in [-0.2, -0.15) is 0 Å². The van der Waals surface area contributed by atoms with Gasteiger partial charge in [-0.25, -0.2) is 4.39 Å². The molecule has 0 bridgehead atoms. The summed E-state index contributed by atoms with van der Waals surface area (Å²) in [5, 5.41) is 2.44. The van der Waals surface area contributed by atoms with Crippen LogP contribution in [0.15, 0.2) is 36.7 Å². The molecule has 1 amide bonds. The largest absolute Gasteiger partial charge is 0.496 e. The summed E-state index contributed by atoms with van der Waals surface area (Å²) in [6, 6.07) is 6.02. The maximum atomic E-state index is 13.4. The molecule has 0 unspecified atom stereocenters. The van der Waals surface area contributed by atoms with Gasteiger partial charge in [0.15, 0.2) is 5.82 Å². The van der Waals surface area contributed by atoms with E-state index in [9.17, 15) is 9.18 Å². The van der Waals surface area contributed by atoms with Crippen LogP contribution < -0.4 is 15.8 Å². The average Bonchev–Trinajstić information content (AvgIpc) is 2.41. The van der Waals surface area contributed by atoms with Gasteiger partial charge in [-0.15, -0.1) is 0 Å². The number of carbonyl (C=O) groups is 1. The third-order valence-electron chi connectivity index (χ3n) is 2.49. The number of anilines is 2. The molecule has 1 aromatic carbocycles. The number of nitrogens with one attached hydrogen (secondary N) is 1. The minimum Gasteiger partial charge on any atom is -0.496 e. The van der Waals surface area contributed by atoms with Gasteiger partial charge < -0.3 is 15.8 Å². The van der Waals surface area contributed by atoms with E-state index in [1.54, 1.807) is 12.1 Å². The number of ether oxygens (including phenoxy) is 1. The van der Waals surface area contributed by atoms with E-state index in [1.165, 1.54) is 25.4 Å². The van der Waals surface area contributed by atoms with Gasteiger partial charge in [0, 0.05) is 11.9 Å². The molecule has 0 aliphatic heterocycles. The molecule has 1 aromatic heterocycles. The lowest BCUT2D eigenvalue weighted by Gasteiger charge is -2.10. The molecule has 98 valence electrons. The number of carbonyl (C=O) groups excluding carboxylic acids is 1. The van der Waals surface area contributed by atoms with E-state index in [0.717, 1.165) is 6.20 Å². The van der Waals surface area contributed by atoms with E-state index in [4.69, 9.17) is 10.5 Å². The van der Waals surface area contributed by atoms with Crippen LogP contribution in [0.5, 0.6) is 5.75 Å². The zero-order valence-electron chi connectivity index (χ0n) is 10.2. The van der Waals surface area contributed by atoms with Crippen LogP contribution in [-0.2, 0) is 0 Å². The van der Waals surface area contributed by atoms with Gasteiger partial charge in [0.05, 0.1) is 24.6 Å². The van der Waals surface area contributed by atoms with Crippen molar-refractivity contribution in [2.45, 2.75) is 0 Å². The number of nitrogens with two attached hydrogens (primary N) is 1. The molecule has 0 aliphatic rings. The number of hydrogen-bond acceptors (Lipinski definition) is 4. The normalized spacial score (nSPS) is 10.0. The van der Waals surface area contributed by atoms with Crippen molar-refractivity contribution in [3.63, 3.8) is 0 Å². The molecule has 19 heavy (non-hydrogen) atoms. The summed E-state index contributed by atoms with van der Waals surface area (Å²) in [7, 11) is 1.44. The number of hydrogen-bond donors (Lipinski definition) is 2. The number of amides is 1. The van der Waals surface area contributed by atoms with Crippen LogP contribution in [0.1, 0.15) is 10.4 Å². The lowest BCUT2D eigenvalue weighted by atomic mass is 10.1. The topological polar surface area (TPSA) is 77.2 Å². The number of methoxy groups -OCH3 is 1. The second-order valence-electron chi connectivity index (χ2n) is 3.77. The predicted molar refractivity (Wildman–Crippen MR) is 69.6 cm³/mol. The number of halogens is 1. The summed E-state index contributed by atoms with van der Waals surface area (Å²) in [5.74, 6) is -0.755. The second kappa shape index (κ2) is 5.34. The maximum absolute atomic E-state index is 13.4. The highest BCUT2D eigenvalue weighted by Gasteiger charge is 2.14. The maximum Gasteiger partial charge on any atom is 0.259 e. The highest BCUT2D eigenvalue weighted by atomic mass is 19.1. The molecule has 0 radical (unpaired) electrons. The van der Waals surface area contributed by atoms with Crippen molar-refractivity contribution >= 4 is 17.3 Å². The number of aromatic nitrogens is 1. The molecule has 2 aromatic rings. The lowest BCUT2D eigenvalue weighted by Crippen LogP contribution is -2.14. The predicted octanol–water partition coefficient (Wildman–Crippen LogP) is 2.06. The van der Waals surface area contributed by atoms with E-state index in [-0.39, 0.29) is 11.3 Å². The minimum atomic E-state index is -0.612. The highest BCUT2D eigenvalue weighted by Crippen LogP contribution is 2.22. The number of benzene rings is 1. The summed E-state index contributed by atoms with van der Waals surface area (Å²) < 4.78 is 18.5. The van der Waals surface area contributed by atoms with Crippen LogP contribution in [0.3, 0.4) is 0 Å². The third kappa shape index (κ3) is 2.79. The molecule has 1 heterocycles. The van der Waals surface area contributed by atoms with Crippen molar-refractivity contribution in [1.82, 2.24) is 4.98 Å². The number of nitrogens with zero attached hydrogens (tertiary/aromatic N) is 1. The van der Waals surface area contributed by atoms with Gasteiger partial charge >= 0.3 is 0 Å². The van der Waals surface area contributed by atoms with Gasteiger partial charge in [0.1, 0.15) is 5.75 Å². The van der Waals surface area contributed by atoms with Crippen LogP contribution in [0.2, 0.25) is 0 Å². The van der Waals surface area contributed by atoms with Crippen molar-refractivity contribution in [1.29, 1.82) is 0 Å². The number of nitrogen functional groups attached to an aromatic ring is 1. The van der Waals surface area contributed by atoms with E-state index in [0.29, 0.717) is 11.4 Å². The molecule has 0 saturated carbocycles. The fourth-order valence-electron chi connectivity index (χ4n) is 1.57. The Morgan fingerprint density at radius 2 is 2.21 bits per heavy atom. The summed E-state index contributed by atoms with van der Waals surface area (Å²) in [5.41, 5.74) is 6.32. The molecule has 3 N–H and O–H groups in total. The Kier molecular flexibility index (Phi) is 3.61. The van der Waals surface area contributed by atoms with Crippen molar-refractivity contribution in [2.75, 3.05) is 18.2 Å². The molecule has 5 nitrogen and oxygen atoms in total. The van der Waals surface area contributed by atoms with Crippen LogP contribution in [0.25, 0.3) is 0 Å². The smallest absolute Gasteiger partial charge is 0.259 e. The monoisotopic (exact) mass is 261 g/mol. The molecule has 2 rings (SSSR count). The van der Waals surface area contributed by atoms with Crippen LogP contribution in [0.4, 0.5) is 15.8 Å². The fourth-order valence-corrected chi connectivity index (χ4v) is 1.57. The van der Waals surface area contributed by atoms with Gasteiger partial charge in [-0.05, 0) is 24.3 Å². The number of pyridine rings is 1. The Balaban J connectivity index is 2.30. The number of rotatable bonds is 3. The third-order valence-corrected chi connectivity index (χ3v) is 2.49. The molecular formula is C13H12FN3O2. The van der Waals surface area contributed by atoms with Crippen LogP contribution in [0, 0.1) is 5.82 Å². The quantitative estimate of drug-likeness (QED) is 0.829. The zero-order valence-corrected chi connectivity index (χ0v) is 10.2. The highest BCUT2D eigenvalue weighted by molar-refractivity contribution is 6.06. The summed E-state index contributed by atoms with van der Waals surface area (Å²) in [6.07, 6.45) is 2.40. The van der Waals surface area contributed by atoms with Crippen molar-refractivity contribution in [2.24, 2.45) is 0 Å². The van der Waals surface area contributed by atoms with Crippen molar-refractivity contribution in [3.8, 4) is 5.75 Å². The first-order chi connectivity index (χ1) is 9.11. The van der Waals surface area contributed by atoms with Crippen LogP contribution >= 0.6 is 0 Å². The first kappa shape index (κ1) is 12.8. The lowest BCUT2D eigenvalue weighted by molar-refractivity contribution is 0.102. The Morgan fingerprint density at radius 3 is 2.89 bits per heavy atom. The van der Waals surface area contributed by atoms with Gasteiger partial charge in [-0.1, -0.05) is 0 Å². The molecule has 0 aliphatic carbocycles. The standard InChI is InChI=1S/C13H12FN3O2/c1-19-12-3-2-8(15)6-9(12)13(18)17-11-4-5-16-7-10(11)14/h2-7H,15H2,1H3,(H,16,17,18). The van der Waals surface area contributed by atoms with Gasteiger partial charge in [0.2, 0.25) is 0 Å². The summed E-state index contributed by atoms with van der Waals surface area (Å²) in [4.78, 5) is 15.7. The first-order valence-corrected chi connectivity index (χ1v) is 5.46. The molecule has 0 spiro atoms. The SMILES string of the molecule is COc1ccc(N)cc1C(=O)Nc1ccncc1F. The van der Waals surface area contributed by atoms with Gasteiger partial charge in [0.25, 0.3) is 5.91 Å². The van der Waals surface area contributed by atoms with Gasteiger partial charge in [-0.3, -0.25) is 9.78 Å². The van der Waals surface area contributed by atoms with E-state index < -0.39 is 11.7 Å². The van der Waals surface area contributed by atoms with E-state index >= 15 is 0 Å². The second-order valence-corrected chi connectivity index (χ2v) is 3.77. The molecule has 0 saturated heterocycles. The Hall–Kier alpha value is -2.63. The summed E-state index contributed by atoms with van der Waals surface area (Å²) in [6.45, 7) is 0. The van der Waals surface area contributed by atoms with Crippen LogP contribution in [-0.4, -0.2) is 18.0 Å². The van der Waals surface area contributed by atoms with E-state index in [2.05, 4.69) is 10.3 Å². The summed E-state index contributed by atoms with van der Waals surface area (Å²) >= 11 is 0. The molecule has 6 heteroatoms. The van der Waals surface area contributed by atoms with Crippen molar-refractivity contribution in [3.05, 3.63) is 48.0 Å². The first-order valence-electron chi connectivity index (χ1n) is 5.46. The molecule has 0 fully saturated rings. The zero-order chi connectivity index (χ0) is 13.8. The Morgan fingerprint density at radius 1 is 1.42 bits per heavy atom. The average molecular weight is 261 g/mol. The fraction of sp³-hybridized carbons (Fsp3) is 0.0769. The van der Waals surface area contributed by atoms with E-state index in [1.807, 2.05) is 0 Å². The minimum absolute atomic E-state index is 0.0458. The van der Waals surface area contributed by atoms with Crippen molar-refractivity contribution < 1.29 is 13.9 Å². The Bertz CT molecular complexity index is 617. The molecule has 0 atom stereocenters.